The van der Waals surface area contributed by atoms with Gasteiger partial charge in [-0.2, -0.15) is 0 Å². The van der Waals surface area contributed by atoms with Gasteiger partial charge in [-0.05, 0) is 6.92 Å². The summed E-state index contributed by atoms with van der Waals surface area (Å²) >= 11 is 0. The summed E-state index contributed by atoms with van der Waals surface area (Å²) in [6.45, 7) is 0.0326. The SMILES string of the molecule is Cc1nc2c(ncn2C2OC3COP(=O)(O)NC4C(COP(=O)(O)OC2C3O)OC(n2cnc3c(N)ncnc32)C4O)c(=O)[nH]1. The largest absolute Gasteiger partial charge is 0.472 e. The maximum absolute atomic E-state index is 13.2. The van der Waals surface area contributed by atoms with Crippen molar-refractivity contribution >= 4 is 43.7 Å². The zero-order chi connectivity index (χ0) is 31.8. The number of phosphoric ester groups is 1. The van der Waals surface area contributed by atoms with E-state index in [2.05, 4.69) is 35.0 Å². The van der Waals surface area contributed by atoms with E-state index in [0.717, 1.165) is 6.33 Å². The van der Waals surface area contributed by atoms with Crippen molar-refractivity contribution in [1.29, 1.82) is 0 Å². The lowest BCUT2D eigenvalue weighted by molar-refractivity contribution is -0.0594. The van der Waals surface area contributed by atoms with Crippen LogP contribution in [0.5, 0.6) is 0 Å². The molecule has 10 unspecified atom stereocenters. The van der Waals surface area contributed by atoms with Gasteiger partial charge in [-0.15, -0.1) is 0 Å². The standard InChI is InChI=1S/C21H26N10O12P2/c1-7-27-18-12(19(34)28-7)26-6-31(18)21-15-13(32)9(42-21)3-39-44(35,36)29-10-8(2-40-45(37,38)43-15)41-20(14(10)33)30-5-25-11-16(22)23-4-24-17(11)30/h4-6,8-10,13-15,20-21,32-33H,2-3H2,1H3,(H,37,38)(H2,22,23,24)(H,27,28,34)(H2,29,35,36). The van der Waals surface area contributed by atoms with E-state index < -0.39 is 83.4 Å². The van der Waals surface area contributed by atoms with E-state index >= 15 is 0 Å². The van der Waals surface area contributed by atoms with Crippen LogP contribution in [0.25, 0.3) is 22.3 Å². The number of aromatic amines is 1. The van der Waals surface area contributed by atoms with E-state index in [1.807, 2.05) is 0 Å². The topological polar surface area (TPSA) is 306 Å². The van der Waals surface area contributed by atoms with Crippen LogP contribution < -0.4 is 16.4 Å². The number of nitrogens with zero attached hydrogens (tertiary/aromatic N) is 7. The lowest BCUT2D eigenvalue weighted by Crippen LogP contribution is -2.44. The zero-order valence-electron chi connectivity index (χ0n) is 22.9. The molecule has 22 nitrogen and oxygen atoms in total. The third-order valence-electron chi connectivity index (χ3n) is 7.56. The maximum atomic E-state index is 13.2. The van der Waals surface area contributed by atoms with Crippen LogP contribution in [0.3, 0.4) is 0 Å². The first-order valence-corrected chi connectivity index (χ1v) is 16.3. The number of H-pyrrole nitrogens is 1. The highest BCUT2D eigenvalue weighted by molar-refractivity contribution is 7.50. The number of fused-ring (bicyclic) bond motifs is 5. The normalized spacial score (nSPS) is 37.7. The molecule has 0 amide bonds. The molecule has 45 heavy (non-hydrogen) atoms. The molecule has 0 saturated carbocycles. The van der Waals surface area contributed by atoms with Crippen molar-refractivity contribution < 1.29 is 52.2 Å². The highest BCUT2D eigenvalue weighted by Crippen LogP contribution is 2.51. The molecule has 242 valence electrons. The number of nitrogen functional groups attached to an aromatic ring is 1. The molecular weight excluding hydrogens is 646 g/mol. The predicted molar refractivity (Wildman–Crippen MR) is 146 cm³/mol. The van der Waals surface area contributed by atoms with E-state index in [9.17, 15) is 33.9 Å². The van der Waals surface area contributed by atoms with Crippen molar-refractivity contribution in [3.63, 3.8) is 0 Å². The van der Waals surface area contributed by atoms with Gasteiger partial charge in [0.15, 0.2) is 35.1 Å². The van der Waals surface area contributed by atoms with Gasteiger partial charge >= 0.3 is 15.6 Å². The number of aromatic nitrogens is 8. The van der Waals surface area contributed by atoms with Crippen molar-refractivity contribution in [3.8, 4) is 0 Å². The number of nitrogens with two attached hydrogens (primary N) is 1. The first kappa shape index (κ1) is 30.4. The Labute approximate surface area is 250 Å². The lowest BCUT2D eigenvalue weighted by atomic mass is 10.1. The van der Waals surface area contributed by atoms with Crippen LogP contribution in [0.1, 0.15) is 18.3 Å². The Kier molecular flexibility index (Phi) is 7.39. The van der Waals surface area contributed by atoms with Crippen molar-refractivity contribution in [2.24, 2.45) is 0 Å². The number of rotatable bonds is 2. The predicted octanol–water partition coefficient (Wildman–Crippen LogP) is -2.04. The number of hydrogen-bond donors (Lipinski definition) is 7. The number of hydrogen-bond acceptors (Lipinski definition) is 16. The van der Waals surface area contributed by atoms with Gasteiger partial charge in [0.25, 0.3) is 5.56 Å². The smallest absolute Gasteiger partial charge is 0.387 e. The Balaban J connectivity index is 1.21. The summed E-state index contributed by atoms with van der Waals surface area (Å²) in [7, 11) is -9.86. The fourth-order valence-corrected chi connectivity index (χ4v) is 7.55. The van der Waals surface area contributed by atoms with Crippen LogP contribution in [0.2, 0.25) is 0 Å². The number of imidazole rings is 2. The molecule has 2 bridgehead atoms. The molecule has 3 fully saturated rings. The first-order valence-electron chi connectivity index (χ1n) is 13.3. The molecule has 0 aromatic carbocycles. The van der Waals surface area contributed by atoms with Gasteiger partial charge in [-0.25, -0.2) is 39.1 Å². The monoisotopic (exact) mass is 672 g/mol. The van der Waals surface area contributed by atoms with Crippen LogP contribution in [0, 0.1) is 6.92 Å². The minimum absolute atomic E-state index is 0.00852. The molecule has 3 aliphatic heterocycles. The molecule has 0 radical (unpaired) electrons. The number of aliphatic hydroxyl groups is 2. The van der Waals surface area contributed by atoms with Gasteiger partial charge in [-0.1, -0.05) is 0 Å². The molecular formula is C21H26N10O12P2. The summed E-state index contributed by atoms with van der Waals surface area (Å²) in [5.74, 6) is 0.280. The number of aryl methyl sites for hydroxylation is 1. The molecule has 24 heteroatoms. The quantitative estimate of drug-likeness (QED) is 0.113. The summed E-state index contributed by atoms with van der Waals surface area (Å²) in [5.41, 5.74) is 5.58. The second kappa shape index (κ2) is 10.9. The fourth-order valence-electron chi connectivity index (χ4n) is 5.50. The van der Waals surface area contributed by atoms with Gasteiger partial charge in [0, 0.05) is 0 Å². The van der Waals surface area contributed by atoms with E-state index in [4.69, 9.17) is 28.8 Å². The zero-order valence-corrected chi connectivity index (χ0v) is 24.7. The Bertz CT molecular complexity index is 1940. The third kappa shape index (κ3) is 5.37. The highest BCUT2D eigenvalue weighted by atomic mass is 31.2. The molecule has 3 aliphatic rings. The summed E-state index contributed by atoms with van der Waals surface area (Å²) in [6, 6.07) is -1.41. The minimum Gasteiger partial charge on any atom is -0.387 e. The summed E-state index contributed by atoms with van der Waals surface area (Å²) in [5, 5.41) is 24.5. The average molecular weight is 672 g/mol. The summed E-state index contributed by atoms with van der Waals surface area (Å²) < 4.78 is 56.5. The molecule has 4 aromatic rings. The van der Waals surface area contributed by atoms with Crippen LogP contribution in [-0.4, -0.2) is 109 Å². The van der Waals surface area contributed by atoms with E-state index in [1.165, 1.54) is 28.7 Å². The van der Waals surface area contributed by atoms with Gasteiger partial charge < -0.3 is 40.2 Å². The molecule has 10 atom stereocenters. The first-order chi connectivity index (χ1) is 21.3. The molecule has 7 heterocycles. The van der Waals surface area contributed by atoms with Crippen LogP contribution in [0.15, 0.2) is 23.8 Å². The number of aliphatic hydroxyl groups excluding tert-OH is 2. The number of nitrogens with one attached hydrogen (secondary N) is 2. The highest BCUT2D eigenvalue weighted by Gasteiger charge is 2.53. The van der Waals surface area contributed by atoms with E-state index in [0.29, 0.717) is 0 Å². The second-order valence-electron chi connectivity index (χ2n) is 10.5. The van der Waals surface area contributed by atoms with Crippen molar-refractivity contribution in [2.45, 2.75) is 55.9 Å². The average Bonchev–Trinajstić information content (AvgIpc) is 3.72. The van der Waals surface area contributed by atoms with Crippen molar-refractivity contribution in [1.82, 2.24) is 44.1 Å². The lowest BCUT2D eigenvalue weighted by Gasteiger charge is -2.26. The fraction of sp³-hybridized carbons (Fsp3) is 0.524. The Morgan fingerprint density at radius 1 is 0.933 bits per heavy atom. The maximum Gasteiger partial charge on any atom is 0.472 e. The van der Waals surface area contributed by atoms with Crippen LogP contribution in [0.4, 0.5) is 5.82 Å². The molecule has 0 aliphatic carbocycles. The van der Waals surface area contributed by atoms with Crippen molar-refractivity contribution in [2.75, 3.05) is 18.9 Å². The third-order valence-corrected chi connectivity index (χ3v) is 9.67. The molecule has 8 N–H and O–H groups in total. The number of ether oxygens (including phenoxy) is 2. The summed E-state index contributed by atoms with van der Waals surface area (Å²) in [6.07, 6.45) is -6.82. The molecule has 4 aromatic heterocycles. The van der Waals surface area contributed by atoms with Crippen molar-refractivity contribution in [3.05, 3.63) is 35.2 Å². The van der Waals surface area contributed by atoms with Gasteiger partial charge in [-0.3, -0.25) is 27.5 Å². The number of phosphoric acid groups is 1. The molecule has 3 saturated heterocycles. The molecule has 7 rings (SSSR count). The Morgan fingerprint density at radius 3 is 2.40 bits per heavy atom. The van der Waals surface area contributed by atoms with E-state index in [-0.39, 0.29) is 34.0 Å². The van der Waals surface area contributed by atoms with E-state index in [1.54, 1.807) is 0 Å². The van der Waals surface area contributed by atoms with Gasteiger partial charge in [0.2, 0.25) is 0 Å². The Hall–Kier alpha value is -3.24. The van der Waals surface area contributed by atoms with Gasteiger partial charge in [0.05, 0.1) is 31.9 Å². The number of anilines is 1. The minimum atomic E-state index is -5.06. The van der Waals surface area contributed by atoms with Gasteiger partial charge in [0.1, 0.15) is 48.2 Å². The molecule has 0 spiro atoms. The second-order valence-corrected chi connectivity index (χ2v) is 13.4. The van der Waals surface area contributed by atoms with Crippen LogP contribution in [-0.2, 0) is 32.2 Å². The summed E-state index contributed by atoms with van der Waals surface area (Å²) in [4.78, 5) is 56.6. The Morgan fingerprint density at radius 2 is 1.62 bits per heavy atom. The van der Waals surface area contributed by atoms with Crippen LogP contribution >= 0.6 is 15.6 Å².